The van der Waals surface area contributed by atoms with E-state index in [1.807, 2.05) is 25.3 Å². The Hall–Kier alpha value is -2.07. The molecule has 5 nitrogen and oxygen atoms in total. The molecule has 132 valence electrons. The maximum atomic E-state index is 12.5. The summed E-state index contributed by atoms with van der Waals surface area (Å²) < 4.78 is 5.58. The maximum absolute atomic E-state index is 12.5. The van der Waals surface area contributed by atoms with Gasteiger partial charge in [-0.05, 0) is 37.5 Å². The van der Waals surface area contributed by atoms with Gasteiger partial charge >= 0.3 is 0 Å². The predicted octanol–water partition coefficient (Wildman–Crippen LogP) is 0.0699. The van der Waals surface area contributed by atoms with Gasteiger partial charge in [0.15, 0.2) is 0 Å². The summed E-state index contributed by atoms with van der Waals surface area (Å²) >= 11 is 0. The van der Waals surface area contributed by atoms with E-state index < -0.39 is 0 Å². The molecule has 2 N–H and O–H groups in total. The van der Waals surface area contributed by atoms with Crippen LogP contribution >= 0.6 is 0 Å². The molecule has 3 aliphatic rings. The van der Waals surface area contributed by atoms with E-state index in [1.165, 1.54) is 0 Å². The highest BCUT2D eigenvalue weighted by Crippen LogP contribution is 2.22. The fourth-order valence-electron chi connectivity index (χ4n) is 3.22. The van der Waals surface area contributed by atoms with E-state index in [2.05, 4.69) is 27.5 Å². The maximum Gasteiger partial charge on any atom is 0.251 e. The van der Waals surface area contributed by atoms with E-state index in [9.17, 15) is 4.79 Å². The van der Waals surface area contributed by atoms with Crippen LogP contribution in [0.2, 0.25) is 0 Å². The van der Waals surface area contributed by atoms with Gasteiger partial charge in [-0.1, -0.05) is 5.73 Å². The van der Waals surface area contributed by atoms with Crippen LogP contribution in [0.15, 0.2) is 18.3 Å². The van der Waals surface area contributed by atoms with Crippen molar-refractivity contribution in [2.24, 2.45) is 5.92 Å². The average Bonchev–Trinajstić information content (AvgIpc) is 3.40. The number of fused-ring (bicyclic) bond motifs is 1. The van der Waals surface area contributed by atoms with Crippen LogP contribution in [0.1, 0.15) is 28.8 Å². The highest BCUT2D eigenvalue weighted by Gasteiger charge is 2.22. The summed E-state index contributed by atoms with van der Waals surface area (Å²) in [5.74, 6) is 0.659. The lowest BCUT2D eigenvalue weighted by Gasteiger charge is -2.31. The van der Waals surface area contributed by atoms with Gasteiger partial charge in [0.25, 0.3) is 5.91 Å². The fourth-order valence-corrected chi connectivity index (χ4v) is 3.22. The number of hydrogen-bond acceptors (Lipinski definition) is 4. The molecule has 2 heterocycles. The van der Waals surface area contributed by atoms with Gasteiger partial charge in [-0.15, -0.1) is 0 Å². The Morgan fingerprint density at radius 1 is 1.40 bits per heavy atom. The smallest absolute Gasteiger partial charge is 0.251 e. The molecule has 1 amide bonds. The zero-order valence-electron chi connectivity index (χ0n) is 14.7. The summed E-state index contributed by atoms with van der Waals surface area (Å²) in [5.41, 5.74) is 5.08. The first kappa shape index (κ1) is 16.4. The van der Waals surface area contributed by atoms with Crippen LogP contribution in [0.4, 0.5) is 0 Å². The molecular weight excluding hydrogens is 314 g/mol. The highest BCUT2D eigenvalue weighted by atomic mass is 16.5. The van der Waals surface area contributed by atoms with E-state index in [1.54, 1.807) is 0 Å². The van der Waals surface area contributed by atoms with Gasteiger partial charge in [0.05, 0.1) is 12.7 Å². The van der Waals surface area contributed by atoms with E-state index in [4.69, 9.17) is 4.74 Å². The first-order valence-corrected chi connectivity index (χ1v) is 9.15. The minimum absolute atomic E-state index is 0.0302. The third kappa shape index (κ3) is 3.79. The van der Waals surface area contributed by atoms with E-state index >= 15 is 0 Å². The molecule has 0 radical (unpaired) electrons. The second-order valence-corrected chi connectivity index (χ2v) is 7.15. The number of ether oxygens (including phenoxy) is 1. The zero-order valence-corrected chi connectivity index (χ0v) is 14.7. The summed E-state index contributed by atoms with van der Waals surface area (Å²) in [6, 6.07) is 3.87. The second kappa shape index (κ2) is 7.04. The number of carbonyl (C=O) groups is 1. The third-order valence-corrected chi connectivity index (χ3v) is 5.04. The van der Waals surface area contributed by atoms with Crippen LogP contribution in [0.5, 0.6) is 0 Å². The van der Waals surface area contributed by atoms with Crippen molar-refractivity contribution in [3.63, 3.8) is 0 Å². The monoisotopic (exact) mass is 339 g/mol. The Balaban J connectivity index is 1.46. The number of nitrogens with zero attached hydrogens (tertiary/aromatic N) is 1. The van der Waals surface area contributed by atoms with Gasteiger partial charge in [0.1, 0.15) is 0 Å². The molecule has 0 spiro atoms. The highest BCUT2D eigenvalue weighted by molar-refractivity contribution is 5.95. The van der Waals surface area contributed by atoms with Crippen LogP contribution in [-0.2, 0) is 4.74 Å². The molecule has 2 aliphatic heterocycles. The molecule has 1 aliphatic carbocycles. The predicted molar refractivity (Wildman–Crippen MR) is 97.2 cm³/mol. The topological polar surface area (TPSA) is 53.6 Å². The van der Waals surface area contributed by atoms with Crippen LogP contribution < -0.4 is 21.1 Å². The SMILES string of the molecule is Cc1c(C(=O)NCCOC2CC2)ccc2c1=CN(CC1CNC1)C=C=2. The van der Waals surface area contributed by atoms with Crippen LogP contribution in [-0.4, -0.2) is 49.7 Å². The first-order valence-electron chi connectivity index (χ1n) is 9.15. The first-order chi connectivity index (χ1) is 12.2. The lowest BCUT2D eigenvalue weighted by atomic mass is 10.0. The zero-order chi connectivity index (χ0) is 17.2. The van der Waals surface area contributed by atoms with Crippen LogP contribution in [0.25, 0.3) is 11.9 Å². The molecule has 4 rings (SSSR count). The average molecular weight is 339 g/mol. The molecule has 1 saturated carbocycles. The number of amides is 1. The molecule has 0 bridgehead atoms. The molecule has 25 heavy (non-hydrogen) atoms. The van der Waals surface area contributed by atoms with Crippen molar-refractivity contribution >= 4 is 17.8 Å². The lowest BCUT2D eigenvalue weighted by Crippen LogP contribution is -2.47. The number of nitrogens with one attached hydrogen (secondary N) is 2. The number of hydrogen-bond donors (Lipinski definition) is 2. The van der Waals surface area contributed by atoms with Gasteiger partial charge in [0, 0.05) is 60.5 Å². The van der Waals surface area contributed by atoms with Crippen LogP contribution in [0.3, 0.4) is 0 Å². The molecule has 0 aromatic heterocycles. The third-order valence-electron chi connectivity index (χ3n) is 5.04. The van der Waals surface area contributed by atoms with Gasteiger partial charge in [-0.25, -0.2) is 0 Å². The Bertz CT molecular complexity index is 818. The summed E-state index contributed by atoms with van der Waals surface area (Å²) in [5, 5.41) is 8.41. The number of carbonyl (C=O) groups excluding carboxylic acids is 1. The van der Waals surface area contributed by atoms with Gasteiger partial charge in [-0.3, -0.25) is 4.79 Å². The molecule has 2 fully saturated rings. The van der Waals surface area contributed by atoms with Crippen molar-refractivity contribution in [3.8, 4) is 0 Å². The van der Waals surface area contributed by atoms with E-state index in [-0.39, 0.29) is 5.91 Å². The van der Waals surface area contributed by atoms with Crippen molar-refractivity contribution in [1.29, 1.82) is 0 Å². The van der Waals surface area contributed by atoms with Crippen molar-refractivity contribution in [2.45, 2.75) is 25.9 Å². The molecule has 0 atom stereocenters. The Morgan fingerprint density at radius 2 is 2.24 bits per heavy atom. The standard InChI is InChI=1S/C20H25N3O2/c1-14-18(20(24)22-7-9-25-17-3-4-17)5-2-16-6-8-23(13-19(14)16)12-15-10-21-11-15/h2,5,8,13,15,17,21H,3-4,7,9-12H2,1H3,(H,22,24). The van der Waals surface area contributed by atoms with Crippen molar-refractivity contribution in [1.82, 2.24) is 15.5 Å². The number of rotatable bonds is 7. The van der Waals surface area contributed by atoms with Crippen LogP contribution in [0, 0.1) is 12.8 Å². The Kier molecular flexibility index (Phi) is 4.62. The van der Waals surface area contributed by atoms with E-state index in [0.29, 0.717) is 25.2 Å². The molecule has 0 unspecified atom stereocenters. The summed E-state index contributed by atoms with van der Waals surface area (Å²) in [4.78, 5) is 14.7. The lowest BCUT2D eigenvalue weighted by molar-refractivity contribution is 0.0898. The molecule has 5 heteroatoms. The minimum Gasteiger partial charge on any atom is -0.376 e. The molecule has 1 saturated heterocycles. The van der Waals surface area contributed by atoms with Crippen molar-refractivity contribution in [2.75, 3.05) is 32.8 Å². The normalized spacial score (nSPS) is 18.8. The van der Waals surface area contributed by atoms with Gasteiger partial charge < -0.3 is 20.3 Å². The largest absolute Gasteiger partial charge is 0.376 e. The molecule has 1 aromatic carbocycles. The van der Waals surface area contributed by atoms with Gasteiger partial charge in [-0.2, -0.15) is 0 Å². The fraction of sp³-hybridized carbons (Fsp3) is 0.500. The Morgan fingerprint density at radius 3 is 2.96 bits per heavy atom. The quantitative estimate of drug-likeness (QED) is 0.691. The summed E-state index contributed by atoms with van der Waals surface area (Å²) in [6.45, 7) is 6.31. The minimum atomic E-state index is -0.0302. The Labute approximate surface area is 148 Å². The van der Waals surface area contributed by atoms with Gasteiger partial charge in [0.2, 0.25) is 0 Å². The van der Waals surface area contributed by atoms with Crippen molar-refractivity contribution in [3.05, 3.63) is 39.9 Å². The molecular formula is C20H25N3O2. The number of benzene rings is 1. The second-order valence-electron chi connectivity index (χ2n) is 7.15. The van der Waals surface area contributed by atoms with Crippen molar-refractivity contribution < 1.29 is 9.53 Å². The summed E-state index contributed by atoms with van der Waals surface area (Å²) in [6.07, 6.45) is 6.90. The molecule has 1 aromatic rings. The summed E-state index contributed by atoms with van der Waals surface area (Å²) in [7, 11) is 0. The van der Waals surface area contributed by atoms with E-state index in [0.717, 1.165) is 54.0 Å².